The highest BCUT2D eigenvalue weighted by Crippen LogP contribution is 2.17. The molecule has 0 radical (unpaired) electrons. The number of carbonyl (C=O) groups is 2. The van der Waals surface area contributed by atoms with E-state index in [2.05, 4.69) is 10.3 Å². The van der Waals surface area contributed by atoms with Crippen molar-refractivity contribution in [3.8, 4) is 0 Å². The molecule has 23 heavy (non-hydrogen) atoms. The van der Waals surface area contributed by atoms with Crippen LogP contribution in [0.5, 0.6) is 0 Å². The molecular weight excluding hydrogens is 296 g/mol. The molecule has 1 fully saturated rings. The van der Waals surface area contributed by atoms with Gasteiger partial charge in [0.15, 0.2) is 0 Å². The highest BCUT2D eigenvalue weighted by Gasteiger charge is 2.26. The second-order valence-electron chi connectivity index (χ2n) is 5.89. The third-order valence-corrected chi connectivity index (χ3v) is 4.30. The number of pyridine rings is 1. The molecule has 3 heterocycles. The van der Waals surface area contributed by atoms with E-state index in [1.54, 1.807) is 4.90 Å². The predicted molar refractivity (Wildman–Crippen MR) is 84.1 cm³/mol. The maximum atomic E-state index is 12.2. The van der Waals surface area contributed by atoms with Gasteiger partial charge < -0.3 is 19.7 Å². The van der Waals surface area contributed by atoms with E-state index in [0.29, 0.717) is 32.5 Å². The van der Waals surface area contributed by atoms with Gasteiger partial charge in [-0.3, -0.25) is 4.79 Å². The molecule has 3 rings (SSSR count). The van der Waals surface area contributed by atoms with Crippen molar-refractivity contribution in [1.29, 1.82) is 0 Å². The number of nitrogens with zero attached hydrogens (tertiary/aromatic N) is 3. The molecule has 0 bridgehead atoms. The fourth-order valence-electron chi connectivity index (χ4n) is 2.89. The van der Waals surface area contributed by atoms with Gasteiger partial charge in [0.25, 0.3) is 0 Å². The second-order valence-corrected chi connectivity index (χ2v) is 5.89. The van der Waals surface area contributed by atoms with Crippen molar-refractivity contribution < 1.29 is 14.7 Å². The van der Waals surface area contributed by atoms with Gasteiger partial charge in [0.2, 0.25) is 0 Å². The quantitative estimate of drug-likeness (QED) is 0.901. The lowest BCUT2D eigenvalue weighted by atomic mass is 9.97. The second kappa shape index (κ2) is 6.28. The summed E-state index contributed by atoms with van der Waals surface area (Å²) in [5.74, 6) is -1.11. The zero-order valence-electron chi connectivity index (χ0n) is 13.0. The van der Waals surface area contributed by atoms with E-state index in [1.807, 2.05) is 35.7 Å². The summed E-state index contributed by atoms with van der Waals surface area (Å²) in [6, 6.07) is 5.72. The number of carboxylic acid groups (broad SMARTS) is 1. The van der Waals surface area contributed by atoms with Crippen LogP contribution >= 0.6 is 0 Å². The number of rotatable bonds is 3. The average molecular weight is 316 g/mol. The molecule has 0 aromatic carbocycles. The molecule has 2 amide bonds. The lowest BCUT2D eigenvalue weighted by Gasteiger charge is -2.30. The van der Waals surface area contributed by atoms with Gasteiger partial charge in [0.1, 0.15) is 5.65 Å². The van der Waals surface area contributed by atoms with Crippen LogP contribution in [0.25, 0.3) is 5.65 Å². The molecule has 2 aromatic heterocycles. The van der Waals surface area contributed by atoms with Crippen molar-refractivity contribution in [3.05, 3.63) is 35.8 Å². The van der Waals surface area contributed by atoms with E-state index in [1.165, 1.54) is 0 Å². The molecule has 0 aliphatic carbocycles. The number of aromatic nitrogens is 2. The Balaban J connectivity index is 1.56. The summed E-state index contributed by atoms with van der Waals surface area (Å²) in [4.78, 5) is 29.2. The first kappa shape index (κ1) is 15.3. The van der Waals surface area contributed by atoms with E-state index in [9.17, 15) is 9.59 Å². The summed E-state index contributed by atoms with van der Waals surface area (Å²) >= 11 is 0. The summed E-state index contributed by atoms with van der Waals surface area (Å²) in [5, 5.41) is 11.8. The number of aliphatic carboxylic acids is 1. The van der Waals surface area contributed by atoms with Crippen molar-refractivity contribution >= 4 is 17.6 Å². The van der Waals surface area contributed by atoms with Crippen LogP contribution < -0.4 is 5.32 Å². The summed E-state index contributed by atoms with van der Waals surface area (Å²) < 4.78 is 1.99. The lowest BCUT2D eigenvalue weighted by Crippen LogP contribution is -2.45. The van der Waals surface area contributed by atoms with Crippen LogP contribution in [0, 0.1) is 12.8 Å². The molecule has 1 aliphatic rings. The van der Waals surface area contributed by atoms with Gasteiger partial charge in [-0.1, -0.05) is 6.07 Å². The number of imidazole rings is 1. The largest absolute Gasteiger partial charge is 0.481 e. The van der Waals surface area contributed by atoms with Crippen LogP contribution in [0.3, 0.4) is 0 Å². The van der Waals surface area contributed by atoms with Gasteiger partial charge in [-0.15, -0.1) is 0 Å². The highest BCUT2D eigenvalue weighted by molar-refractivity contribution is 5.75. The highest BCUT2D eigenvalue weighted by atomic mass is 16.4. The summed E-state index contributed by atoms with van der Waals surface area (Å²) in [6.07, 6.45) is 2.94. The van der Waals surface area contributed by atoms with Gasteiger partial charge in [0.05, 0.1) is 18.2 Å². The Morgan fingerprint density at radius 2 is 2.09 bits per heavy atom. The number of aryl methyl sites for hydroxylation is 1. The Hall–Kier alpha value is -2.57. The summed E-state index contributed by atoms with van der Waals surface area (Å²) in [6.45, 7) is 3.32. The Morgan fingerprint density at radius 3 is 2.74 bits per heavy atom. The number of hydrogen-bond donors (Lipinski definition) is 2. The first-order valence-corrected chi connectivity index (χ1v) is 7.74. The molecule has 0 saturated carbocycles. The molecule has 1 aliphatic heterocycles. The van der Waals surface area contributed by atoms with E-state index < -0.39 is 5.97 Å². The van der Waals surface area contributed by atoms with Crippen LogP contribution in [0.4, 0.5) is 4.79 Å². The van der Waals surface area contributed by atoms with Crippen LogP contribution in [-0.4, -0.2) is 44.5 Å². The fraction of sp³-hybridized carbons (Fsp3) is 0.438. The molecule has 0 spiro atoms. The lowest BCUT2D eigenvalue weighted by molar-refractivity contribution is -0.143. The fourth-order valence-corrected chi connectivity index (χ4v) is 2.89. The maximum Gasteiger partial charge on any atom is 0.317 e. The third-order valence-electron chi connectivity index (χ3n) is 4.30. The van der Waals surface area contributed by atoms with Crippen molar-refractivity contribution in [2.75, 3.05) is 13.1 Å². The molecule has 7 nitrogen and oxygen atoms in total. The van der Waals surface area contributed by atoms with E-state index >= 15 is 0 Å². The molecular formula is C16H20N4O3. The Bertz CT molecular complexity index is 732. The maximum absolute atomic E-state index is 12.2. The van der Waals surface area contributed by atoms with Crippen LogP contribution in [0.2, 0.25) is 0 Å². The molecule has 1 saturated heterocycles. The number of urea groups is 1. The average Bonchev–Trinajstić information content (AvgIpc) is 2.97. The van der Waals surface area contributed by atoms with Gasteiger partial charge >= 0.3 is 12.0 Å². The Labute approximate surface area is 133 Å². The van der Waals surface area contributed by atoms with Crippen molar-refractivity contribution in [1.82, 2.24) is 19.6 Å². The minimum Gasteiger partial charge on any atom is -0.481 e. The standard InChI is InChI=1S/C16H20N4O3/c1-11-3-2-4-14-18-13(10-20(11)14)9-17-16(23)19-7-5-12(6-8-19)15(21)22/h2-4,10,12H,5-9H2,1H3,(H,17,23)(H,21,22). The van der Waals surface area contributed by atoms with Crippen LogP contribution in [0.1, 0.15) is 24.2 Å². The summed E-state index contributed by atoms with van der Waals surface area (Å²) in [7, 11) is 0. The molecule has 2 aromatic rings. The first-order chi connectivity index (χ1) is 11.0. The Morgan fingerprint density at radius 1 is 1.35 bits per heavy atom. The monoisotopic (exact) mass is 316 g/mol. The van der Waals surface area contributed by atoms with Gasteiger partial charge in [-0.2, -0.15) is 0 Å². The van der Waals surface area contributed by atoms with Crippen LogP contribution in [-0.2, 0) is 11.3 Å². The Kier molecular flexibility index (Phi) is 4.18. The summed E-state index contributed by atoms with van der Waals surface area (Å²) in [5.41, 5.74) is 2.74. The van der Waals surface area contributed by atoms with Gasteiger partial charge in [0, 0.05) is 25.0 Å². The van der Waals surface area contributed by atoms with E-state index in [-0.39, 0.29) is 11.9 Å². The number of fused-ring (bicyclic) bond motifs is 1. The zero-order valence-corrected chi connectivity index (χ0v) is 13.0. The first-order valence-electron chi connectivity index (χ1n) is 7.74. The van der Waals surface area contributed by atoms with Crippen molar-refractivity contribution in [2.45, 2.75) is 26.3 Å². The van der Waals surface area contributed by atoms with E-state index in [4.69, 9.17) is 5.11 Å². The number of carbonyl (C=O) groups excluding carboxylic acids is 1. The molecule has 2 N–H and O–H groups in total. The number of carboxylic acids is 1. The number of piperidine rings is 1. The minimum absolute atomic E-state index is 0.164. The van der Waals surface area contributed by atoms with Gasteiger partial charge in [-0.05, 0) is 31.9 Å². The zero-order chi connectivity index (χ0) is 16.4. The smallest absolute Gasteiger partial charge is 0.317 e. The van der Waals surface area contributed by atoms with Crippen molar-refractivity contribution in [2.24, 2.45) is 5.92 Å². The minimum atomic E-state index is -0.773. The topological polar surface area (TPSA) is 86.9 Å². The molecule has 122 valence electrons. The van der Waals surface area contributed by atoms with Crippen molar-refractivity contribution in [3.63, 3.8) is 0 Å². The number of hydrogen-bond acceptors (Lipinski definition) is 3. The van der Waals surface area contributed by atoms with E-state index in [0.717, 1.165) is 17.0 Å². The SMILES string of the molecule is Cc1cccc2nc(CNC(=O)N3CCC(C(=O)O)CC3)cn12. The predicted octanol–water partition coefficient (Wildman–Crippen LogP) is 1.65. The number of nitrogens with one attached hydrogen (secondary N) is 1. The van der Waals surface area contributed by atoms with Gasteiger partial charge in [-0.25, -0.2) is 9.78 Å². The normalized spacial score (nSPS) is 15.8. The molecule has 0 atom stereocenters. The van der Waals surface area contributed by atoms with Crippen LogP contribution in [0.15, 0.2) is 24.4 Å². The third kappa shape index (κ3) is 3.28. The number of likely N-dealkylation sites (tertiary alicyclic amines) is 1. The number of amides is 2. The molecule has 0 unspecified atom stereocenters. The molecule has 7 heteroatoms.